The van der Waals surface area contributed by atoms with Crippen LogP contribution in [0.2, 0.25) is 0 Å². The highest BCUT2D eigenvalue weighted by Crippen LogP contribution is 2.15. The van der Waals surface area contributed by atoms with Crippen LogP contribution in [0.5, 0.6) is 0 Å². The van der Waals surface area contributed by atoms with Gasteiger partial charge in [0.25, 0.3) is 0 Å². The van der Waals surface area contributed by atoms with E-state index in [1.54, 1.807) is 6.07 Å². The molecule has 0 spiro atoms. The fourth-order valence-electron chi connectivity index (χ4n) is 2.11. The van der Waals surface area contributed by atoms with E-state index in [2.05, 4.69) is 22.3 Å². The molecule has 1 atom stereocenters. The molecular weight excluding hydrogens is 243 g/mol. The SMILES string of the molecule is CCC(NCc1cn(C)nc1C)c1ccc(F)cn1. The van der Waals surface area contributed by atoms with Crippen LogP contribution >= 0.6 is 0 Å². The molecule has 1 N–H and O–H groups in total. The summed E-state index contributed by atoms with van der Waals surface area (Å²) < 4.78 is 14.7. The van der Waals surface area contributed by atoms with Gasteiger partial charge >= 0.3 is 0 Å². The van der Waals surface area contributed by atoms with E-state index in [1.807, 2.05) is 24.9 Å². The number of hydrogen-bond donors (Lipinski definition) is 1. The molecule has 2 aromatic heterocycles. The average Bonchev–Trinajstić information content (AvgIpc) is 2.71. The highest BCUT2D eigenvalue weighted by Gasteiger charge is 2.11. The molecule has 2 rings (SSSR count). The maximum atomic E-state index is 12.9. The first kappa shape index (κ1) is 13.7. The quantitative estimate of drug-likeness (QED) is 0.900. The Bertz CT molecular complexity index is 533. The molecule has 0 bridgehead atoms. The fraction of sp³-hybridized carbons (Fsp3) is 0.429. The van der Waals surface area contributed by atoms with Crippen molar-refractivity contribution in [2.75, 3.05) is 0 Å². The molecular formula is C14H19FN4. The van der Waals surface area contributed by atoms with Gasteiger partial charge in [-0.1, -0.05) is 6.92 Å². The van der Waals surface area contributed by atoms with Gasteiger partial charge in [-0.2, -0.15) is 5.10 Å². The van der Waals surface area contributed by atoms with E-state index in [9.17, 15) is 4.39 Å². The zero-order chi connectivity index (χ0) is 13.8. The van der Waals surface area contributed by atoms with Crippen LogP contribution in [0.4, 0.5) is 4.39 Å². The zero-order valence-electron chi connectivity index (χ0n) is 11.5. The second kappa shape index (κ2) is 5.93. The van der Waals surface area contributed by atoms with Crippen LogP contribution in [0, 0.1) is 12.7 Å². The molecule has 0 aromatic carbocycles. The van der Waals surface area contributed by atoms with Gasteiger partial charge in [-0.15, -0.1) is 0 Å². The van der Waals surface area contributed by atoms with Gasteiger partial charge in [-0.25, -0.2) is 4.39 Å². The Morgan fingerprint density at radius 2 is 2.21 bits per heavy atom. The Labute approximate surface area is 112 Å². The topological polar surface area (TPSA) is 42.7 Å². The number of hydrogen-bond acceptors (Lipinski definition) is 3. The second-order valence-electron chi connectivity index (χ2n) is 4.66. The lowest BCUT2D eigenvalue weighted by atomic mass is 10.1. The van der Waals surface area contributed by atoms with Crippen molar-refractivity contribution in [3.8, 4) is 0 Å². The lowest BCUT2D eigenvalue weighted by Gasteiger charge is -2.16. The summed E-state index contributed by atoms with van der Waals surface area (Å²) >= 11 is 0. The number of halogens is 1. The average molecular weight is 262 g/mol. The van der Waals surface area contributed by atoms with Crippen molar-refractivity contribution in [3.05, 3.63) is 47.3 Å². The molecule has 0 saturated carbocycles. The number of nitrogens with zero attached hydrogens (tertiary/aromatic N) is 3. The van der Waals surface area contributed by atoms with Crippen molar-refractivity contribution in [1.82, 2.24) is 20.1 Å². The predicted molar refractivity (Wildman–Crippen MR) is 72.0 cm³/mol. The molecule has 102 valence electrons. The number of aromatic nitrogens is 3. The molecule has 0 aliphatic carbocycles. The summed E-state index contributed by atoms with van der Waals surface area (Å²) in [5.41, 5.74) is 3.06. The van der Waals surface area contributed by atoms with Crippen LogP contribution in [0.25, 0.3) is 0 Å². The summed E-state index contributed by atoms with van der Waals surface area (Å²) in [6.07, 6.45) is 4.17. The summed E-state index contributed by atoms with van der Waals surface area (Å²) in [5.74, 6) is -0.304. The van der Waals surface area contributed by atoms with E-state index in [1.165, 1.54) is 17.8 Å². The number of pyridine rings is 1. The molecule has 4 nitrogen and oxygen atoms in total. The molecule has 2 aromatic rings. The summed E-state index contributed by atoms with van der Waals surface area (Å²) in [6.45, 7) is 4.81. The Morgan fingerprint density at radius 1 is 1.42 bits per heavy atom. The first-order chi connectivity index (χ1) is 9.10. The minimum atomic E-state index is -0.304. The van der Waals surface area contributed by atoms with Crippen molar-refractivity contribution in [3.63, 3.8) is 0 Å². The molecule has 19 heavy (non-hydrogen) atoms. The van der Waals surface area contributed by atoms with E-state index in [-0.39, 0.29) is 11.9 Å². The third kappa shape index (κ3) is 3.38. The lowest BCUT2D eigenvalue weighted by molar-refractivity contribution is 0.503. The van der Waals surface area contributed by atoms with Crippen LogP contribution < -0.4 is 5.32 Å². The van der Waals surface area contributed by atoms with Gasteiger partial charge in [0, 0.05) is 31.4 Å². The van der Waals surface area contributed by atoms with Gasteiger partial charge in [0.1, 0.15) is 5.82 Å². The van der Waals surface area contributed by atoms with Gasteiger partial charge in [0.2, 0.25) is 0 Å². The minimum Gasteiger partial charge on any atom is -0.304 e. The highest BCUT2D eigenvalue weighted by molar-refractivity contribution is 5.16. The summed E-state index contributed by atoms with van der Waals surface area (Å²) in [5, 5.41) is 7.75. The van der Waals surface area contributed by atoms with Crippen LogP contribution in [0.15, 0.2) is 24.5 Å². The minimum absolute atomic E-state index is 0.125. The molecule has 0 fully saturated rings. The number of aryl methyl sites for hydroxylation is 2. The van der Waals surface area contributed by atoms with Crippen molar-refractivity contribution in [2.24, 2.45) is 7.05 Å². The van der Waals surface area contributed by atoms with Crippen molar-refractivity contribution >= 4 is 0 Å². The summed E-state index contributed by atoms with van der Waals surface area (Å²) in [4.78, 5) is 4.13. The smallest absolute Gasteiger partial charge is 0.141 e. The van der Waals surface area contributed by atoms with Crippen LogP contribution in [-0.4, -0.2) is 14.8 Å². The van der Waals surface area contributed by atoms with E-state index in [0.29, 0.717) is 0 Å². The molecule has 1 unspecified atom stereocenters. The molecule has 0 saturated heterocycles. The first-order valence-corrected chi connectivity index (χ1v) is 6.44. The van der Waals surface area contributed by atoms with Crippen molar-refractivity contribution in [2.45, 2.75) is 32.9 Å². The summed E-state index contributed by atoms with van der Waals surface area (Å²) in [6, 6.07) is 3.30. The largest absolute Gasteiger partial charge is 0.304 e. The fourth-order valence-corrected chi connectivity index (χ4v) is 2.11. The van der Waals surface area contributed by atoms with Crippen molar-refractivity contribution < 1.29 is 4.39 Å². The van der Waals surface area contributed by atoms with Gasteiger partial charge in [-0.05, 0) is 25.5 Å². The van der Waals surface area contributed by atoms with Gasteiger partial charge in [0.15, 0.2) is 0 Å². The summed E-state index contributed by atoms with van der Waals surface area (Å²) in [7, 11) is 1.91. The van der Waals surface area contributed by atoms with Crippen LogP contribution in [0.3, 0.4) is 0 Å². The van der Waals surface area contributed by atoms with E-state index in [0.717, 1.165) is 24.4 Å². The van der Waals surface area contributed by atoms with Gasteiger partial charge in [0.05, 0.1) is 17.6 Å². The van der Waals surface area contributed by atoms with E-state index >= 15 is 0 Å². The van der Waals surface area contributed by atoms with Crippen molar-refractivity contribution in [1.29, 1.82) is 0 Å². The Balaban J connectivity index is 2.03. The number of rotatable bonds is 5. The van der Waals surface area contributed by atoms with E-state index < -0.39 is 0 Å². The number of nitrogens with one attached hydrogen (secondary N) is 1. The maximum absolute atomic E-state index is 12.9. The molecule has 0 amide bonds. The normalized spacial score (nSPS) is 12.6. The third-order valence-corrected chi connectivity index (χ3v) is 3.17. The third-order valence-electron chi connectivity index (χ3n) is 3.17. The molecule has 0 aliphatic heterocycles. The Hall–Kier alpha value is -1.75. The predicted octanol–water partition coefficient (Wildman–Crippen LogP) is 2.50. The van der Waals surface area contributed by atoms with Crippen LogP contribution in [0.1, 0.15) is 36.3 Å². The van der Waals surface area contributed by atoms with Gasteiger partial charge < -0.3 is 5.32 Å². The lowest BCUT2D eigenvalue weighted by Crippen LogP contribution is -2.21. The Morgan fingerprint density at radius 3 is 2.74 bits per heavy atom. The second-order valence-corrected chi connectivity index (χ2v) is 4.66. The van der Waals surface area contributed by atoms with Gasteiger partial charge in [-0.3, -0.25) is 9.67 Å². The zero-order valence-corrected chi connectivity index (χ0v) is 11.5. The highest BCUT2D eigenvalue weighted by atomic mass is 19.1. The molecule has 2 heterocycles. The molecule has 0 radical (unpaired) electrons. The Kier molecular flexibility index (Phi) is 4.27. The van der Waals surface area contributed by atoms with E-state index in [4.69, 9.17) is 0 Å². The van der Waals surface area contributed by atoms with Crippen LogP contribution in [-0.2, 0) is 13.6 Å². The monoisotopic (exact) mass is 262 g/mol. The molecule has 5 heteroatoms. The standard InChI is InChI=1S/C14H19FN4/c1-4-13(14-6-5-12(15)8-17-14)16-7-11-9-19(3)18-10(11)2/h5-6,8-9,13,16H,4,7H2,1-3H3. The molecule has 0 aliphatic rings. The maximum Gasteiger partial charge on any atom is 0.141 e. The first-order valence-electron chi connectivity index (χ1n) is 6.44.